The van der Waals surface area contributed by atoms with Crippen molar-refractivity contribution >= 4 is 17.7 Å². The van der Waals surface area contributed by atoms with Gasteiger partial charge in [0.2, 0.25) is 0 Å². The van der Waals surface area contributed by atoms with Crippen molar-refractivity contribution in [1.82, 2.24) is 4.90 Å². The van der Waals surface area contributed by atoms with Crippen LogP contribution in [0, 0.1) is 0 Å². The van der Waals surface area contributed by atoms with E-state index in [-0.39, 0.29) is 23.7 Å². The minimum Gasteiger partial charge on any atom is -0.444 e. The predicted molar refractivity (Wildman–Crippen MR) is 87.1 cm³/mol. The molecule has 1 aliphatic heterocycles. The van der Waals surface area contributed by atoms with Crippen LogP contribution in [-0.2, 0) is 10.2 Å². The molecular formula is C17H23ClN2O2. The second kappa shape index (κ2) is 6.09. The third-order valence-electron chi connectivity index (χ3n) is 5.17. The van der Waals surface area contributed by atoms with Crippen molar-refractivity contribution < 1.29 is 9.53 Å². The van der Waals surface area contributed by atoms with Gasteiger partial charge in [-0.1, -0.05) is 23.7 Å². The van der Waals surface area contributed by atoms with Crippen LogP contribution >= 0.6 is 11.6 Å². The standard InChI is InChI=1S/C17H23ClN2O2/c1-12-10-20(16(21)22-12)15-5-7-17(11-19,8-6-15)13-3-2-4-14(18)9-13/h2-4,9,12,15H,5-8,10-11,19H2,1H3. The van der Waals surface area contributed by atoms with Crippen LogP contribution in [0.1, 0.15) is 38.2 Å². The molecule has 4 nitrogen and oxygen atoms in total. The minimum atomic E-state index is -0.166. The summed E-state index contributed by atoms with van der Waals surface area (Å²) in [4.78, 5) is 13.8. The molecule has 22 heavy (non-hydrogen) atoms. The molecule has 0 radical (unpaired) electrons. The van der Waals surface area contributed by atoms with Gasteiger partial charge in [0.15, 0.2) is 0 Å². The molecule has 3 rings (SSSR count). The summed E-state index contributed by atoms with van der Waals surface area (Å²) in [5.74, 6) is 0. The number of carbonyl (C=O) groups is 1. The summed E-state index contributed by atoms with van der Waals surface area (Å²) in [6, 6.07) is 8.30. The molecule has 2 aliphatic rings. The summed E-state index contributed by atoms with van der Waals surface area (Å²) in [5.41, 5.74) is 7.32. The Morgan fingerprint density at radius 1 is 1.41 bits per heavy atom. The average Bonchev–Trinajstić information content (AvgIpc) is 2.86. The van der Waals surface area contributed by atoms with E-state index in [1.54, 1.807) is 0 Å². The third kappa shape index (κ3) is 2.82. The average molecular weight is 323 g/mol. The van der Waals surface area contributed by atoms with E-state index in [0.717, 1.165) is 30.7 Å². The molecule has 1 atom stereocenters. The normalized spacial score (nSPS) is 32.1. The summed E-state index contributed by atoms with van der Waals surface area (Å²) in [6.07, 6.45) is 3.72. The number of benzene rings is 1. The second-order valence-corrected chi connectivity index (χ2v) is 7.01. The van der Waals surface area contributed by atoms with Crippen molar-refractivity contribution in [1.29, 1.82) is 0 Å². The number of cyclic esters (lactones) is 1. The fourth-order valence-electron chi connectivity index (χ4n) is 3.82. The molecule has 1 unspecified atom stereocenters. The van der Waals surface area contributed by atoms with Crippen molar-refractivity contribution in [2.75, 3.05) is 13.1 Å². The molecule has 1 heterocycles. The Balaban J connectivity index is 1.73. The van der Waals surface area contributed by atoms with Gasteiger partial charge in [-0.3, -0.25) is 0 Å². The number of carbonyl (C=O) groups excluding carboxylic acids is 1. The van der Waals surface area contributed by atoms with Gasteiger partial charge >= 0.3 is 6.09 Å². The topological polar surface area (TPSA) is 55.6 Å². The monoisotopic (exact) mass is 322 g/mol. The fraction of sp³-hybridized carbons (Fsp3) is 0.588. The van der Waals surface area contributed by atoms with E-state index in [9.17, 15) is 4.79 Å². The summed E-state index contributed by atoms with van der Waals surface area (Å²) < 4.78 is 5.25. The van der Waals surface area contributed by atoms with E-state index in [1.165, 1.54) is 5.56 Å². The lowest BCUT2D eigenvalue weighted by molar-refractivity contribution is 0.120. The molecule has 0 bridgehead atoms. The Hall–Kier alpha value is -1.26. The molecule has 1 saturated carbocycles. The molecule has 1 aromatic carbocycles. The van der Waals surface area contributed by atoms with Crippen LogP contribution in [0.3, 0.4) is 0 Å². The van der Waals surface area contributed by atoms with Crippen molar-refractivity contribution in [2.45, 2.75) is 50.2 Å². The van der Waals surface area contributed by atoms with Gasteiger partial charge in [0.1, 0.15) is 6.10 Å². The van der Waals surface area contributed by atoms with Gasteiger partial charge in [-0.25, -0.2) is 4.79 Å². The maximum atomic E-state index is 11.9. The maximum Gasteiger partial charge on any atom is 0.410 e. The van der Waals surface area contributed by atoms with E-state index in [4.69, 9.17) is 22.1 Å². The molecule has 1 aliphatic carbocycles. The van der Waals surface area contributed by atoms with Crippen molar-refractivity contribution in [2.24, 2.45) is 5.73 Å². The smallest absolute Gasteiger partial charge is 0.410 e. The van der Waals surface area contributed by atoms with E-state index < -0.39 is 0 Å². The molecule has 1 saturated heterocycles. The summed E-state index contributed by atoms with van der Waals surface area (Å²) in [6.45, 7) is 3.26. The number of nitrogens with two attached hydrogens (primary N) is 1. The highest BCUT2D eigenvalue weighted by Crippen LogP contribution is 2.41. The van der Waals surface area contributed by atoms with Crippen LogP contribution in [0.5, 0.6) is 0 Å². The Morgan fingerprint density at radius 2 is 2.14 bits per heavy atom. The number of rotatable bonds is 3. The zero-order valence-electron chi connectivity index (χ0n) is 12.9. The Kier molecular flexibility index (Phi) is 4.33. The van der Waals surface area contributed by atoms with E-state index in [2.05, 4.69) is 6.07 Å². The molecule has 2 fully saturated rings. The highest BCUT2D eigenvalue weighted by Gasteiger charge is 2.41. The number of amides is 1. The summed E-state index contributed by atoms with van der Waals surface area (Å²) in [7, 11) is 0. The third-order valence-corrected chi connectivity index (χ3v) is 5.41. The molecule has 1 aromatic rings. The number of hydrogen-bond donors (Lipinski definition) is 1. The van der Waals surface area contributed by atoms with Gasteiger partial charge in [-0.2, -0.15) is 0 Å². The number of nitrogens with zero attached hydrogens (tertiary/aromatic N) is 1. The first-order chi connectivity index (χ1) is 10.5. The first kappa shape index (κ1) is 15.6. The lowest BCUT2D eigenvalue weighted by atomic mass is 9.68. The van der Waals surface area contributed by atoms with Crippen LogP contribution in [0.25, 0.3) is 0 Å². The molecule has 0 spiro atoms. The molecule has 5 heteroatoms. The zero-order valence-corrected chi connectivity index (χ0v) is 13.7. The van der Waals surface area contributed by atoms with Crippen LogP contribution in [0.4, 0.5) is 4.79 Å². The van der Waals surface area contributed by atoms with Gasteiger partial charge in [0.05, 0.1) is 6.54 Å². The van der Waals surface area contributed by atoms with Gasteiger partial charge in [0.25, 0.3) is 0 Å². The molecule has 120 valence electrons. The highest BCUT2D eigenvalue weighted by atomic mass is 35.5. The van der Waals surface area contributed by atoms with Crippen molar-refractivity contribution in [3.8, 4) is 0 Å². The van der Waals surface area contributed by atoms with Gasteiger partial charge in [-0.15, -0.1) is 0 Å². The maximum absolute atomic E-state index is 11.9. The Labute approximate surface area is 136 Å². The lowest BCUT2D eigenvalue weighted by Crippen LogP contribution is -2.46. The molecular weight excluding hydrogens is 300 g/mol. The molecule has 1 amide bonds. The fourth-order valence-corrected chi connectivity index (χ4v) is 4.01. The van der Waals surface area contributed by atoms with Crippen molar-refractivity contribution in [3.63, 3.8) is 0 Å². The molecule has 0 aromatic heterocycles. The first-order valence-electron chi connectivity index (χ1n) is 7.97. The van der Waals surface area contributed by atoms with Gasteiger partial charge in [0, 0.05) is 23.0 Å². The summed E-state index contributed by atoms with van der Waals surface area (Å²) >= 11 is 6.14. The second-order valence-electron chi connectivity index (χ2n) is 6.57. The molecule has 2 N–H and O–H groups in total. The van der Waals surface area contributed by atoms with Crippen LogP contribution in [0.2, 0.25) is 5.02 Å². The Bertz CT molecular complexity index is 555. The van der Waals surface area contributed by atoms with E-state index in [0.29, 0.717) is 13.1 Å². The van der Waals surface area contributed by atoms with Crippen LogP contribution in [-0.4, -0.2) is 36.2 Å². The van der Waals surface area contributed by atoms with Crippen LogP contribution < -0.4 is 5.73 Å². The largest absolute Gasteiger partial charge is 0.444 e. The lowest BCUT2D eigenvalue weighted by Gasteiger charge is -2.42. The predicted octanol–water partition coefficient (Wildman–Crippen LogP) is 3.32. The van der Waals surface area contributed by atoms with Gasteiger partial charge in [-0.05, 0) is 50.3 Å². The highest BCUT2D eigenvalue weighted by molar-refractivity contribution is 6.30. The quantitative estimate of drug-likeness (QED) is 0.928. The minimum absolute atomic E-state index is 0.00150. The first-order valence-corrected chi connectivity index (χ1v) is 8.35. The van der Waals surface area contributed by atoms with E-state index in [1.807, 2.05) is 30.0 Å². The SMILES string of the molecule is CC1CN(C2CCC(CN)(c3cccc(Cl)c3)CC2)C(=O)O1. The number of hydrogen-bond acceptors (Lipinski definition) is 3. The van der Waals surface area contributed by atoms with Crippen molar-refractivity contribution in [3.05, 3.63) is 34.9 Å². The van der Waals surface area contributed by atoms with Gasteiger partial charge < -0.3 is 15.4 Å². The Morgan fingerprint density at radius 3 is 2.68 bits per heavy atom. The zero-order chi connectivity index (χ0) is 15.7. The number of halogens is 1. The van der Waals surface area contributed by atoms with Crippen LogP contribution in [0.15, 0.2) is 24.3 Å². The number of ether oxygens (including phenoxy) is 1. The summed E-state index contributed by atoms with van der Waals surface area (Å²) in [5, 5.41) is 0.754. The van der Waals surface area contributed by atoms with E-state index >= 15 is 0 Å².